The predicted octanol–water partition coefficient (Wildman–Crippen LogP) is 3.40. The highest BCUT2D eigenvalue weighted by Gasteiger charge is 2.20. The molecule has 0 heterocycles. The predicted molar refractivity (Wildman–Crippen MR) is 84.4 cm³/mol. The van der Waals surface area contributed by atoms with Crippen LogP contribution >= 0.6 is 11.8 Å². The molecular formula is C16H23NO2S. The Hall–Kier alpha value is -1.00. The van der Waals surface area contributed by atoms with E-state index in [0.29, 0.717) is 11.6 Å². The van der Waals surface area contributed by atoms with Gasteiger partial charge in [0, 0.05) is 12.6 Å². The zero-order valence-corrected chi connectivity index (χ0v) is 12.8. The summed E-state index contributed by atoms with van der Waals surface area (Å²) >= 11 is 1.95. The maximum absolute atomic E-state index is 10.8. The fraction of sp³-hybridized carbons (Fsp3) is 0.562. The van der Waals surface area contributed by atoms with Gasteiger partial charge in [-0.05, 0) is 61.3 Å². The van der Waals surface area contributed by atoms with Gasteiger partial charge in [0.05, 0.1) is 5.56 Å². The Morgan fingerprint density at radius 3 is 2.45 bits per heavy atom. The summed E-state index contributed by atoms with van der Waals surface area (Å²) in [7, 11) is 0. The SMILES string of the molecule is CSCC1CCC(NCc2ccc(C(=O)O)cc2)CC1. The number of hydrogen-bond donors (Lipinski definition) is 2. The van der Waals surface area contributed by atoms with E-state index in [2.05, 4.69) is 11.6 Å². The Balaban J connectivity index is 1.74. The van der Waals surface area contributed by atoms with Gasteiger partial charge < -0.3 is 10.4 Å². The maximum Gasteiger partial charge on any atom is 0.335 e. The third-order valence-corrected chi connectivity index (χ3v) is 4.85. The van der Waals surface area contributed by atoms with E-state index in [1.807, 2.05) is 23.9 Å². The molecule has 1 fully saturated rings. The molecule has 2 N–H and O–H groups in total. The molecule has 0 aromatic heterocycles. The van der Waals surface area contributed by atoms with Crippen molar-refractivity contribution in [2.24, 2.45) is 5.92 Å². The third-order valence-electron chi connectivity index (χ3n) is 4.04. The van der Waals surface area contributed by atoms with Crippen molar-refractivity contribution in [2.45, 2.75) is 38.3 Å². The number of carboxylic acid groups (broad SMARTS) is 1. The molecule has 1 aromatic rings. The largest absolute Gasteiger partial charge is 0.478 e. The van der Waals surface area contributed by atoms with Crippen LogP contribution in [-0.4, -0.2) is 29.1 Å². The molecule has 0 saturated heterocycles. The lowest BCUT2D eigenvalue weighted by atomic mass is 9.87. The second-order valence-corrected chi connectivity index (χ2v) is 6.47. The number of hydrogen-bond acceptors (Lipinski definition) is 3. The van der Waals surface area contributed by atoms with Crippen molar-refractivity contribution in [3.05, 3.63) is 35.4 Å². The molecule has 0 amide bonds. The van der Waals surface area contributed by atoms with Gasteiger partial charge in [-0.15, -0.1) is 0 Å². The Bertz CT molecular complexity index is 425. The first-order valence-corrected chi connectivity index (χ1v) is 8.63. The molecule has 2 rings (SSSR count). The number of thioether (sulfide) groups is 1. The number of carboxylic acids is 1. The normalized spacial score (nSPS) is 22.6. The summed E-state index contributed by atoms with van der Waals surface area (Å²) in [6.45, 7) is 0.831. The van der Waals surface area contributed by atoms with E-state index < -0.39 is 5.97 Å². The minimum absolute atomic E-state index is 0.353. The average Bonchev–Trinajstić information content (AvgIpc) is 2.47. The first kappa shape index (κ1) is 15.4. The summed E-state index contributed by atoms with van der Waals surface area (Å²) in [5, 5.41) is 12.5. The van der Waals surface area contributed by atoms with Crippen LogP contribution < -0.4 is 5.32 Å². The van der Waals surface area contributed by atoms with Crippen LogP contribution in [0, 0.1) is 5.92 Å². The van der Waals surface area contributed by atoms with Gasteiger partial charge in [0.25, 0.3) is 0 Å². The van der Waals surface area contributed by atoms with E-state index in [1.54, 1.807) is 12.1 Å². The van der Waals surface area contributed by atoms with Crippen LogP contribution in [0.15, 0.2) is 24.3 Å². The first-order valence-electron chi connectivity index (χ1n) is 7.23. The molecule has 0 unspecified atom stereocenters. The van der Waals surface area contributed by atoms with Crippen molar-refractivity contribution in [3.63, 3.8) is 0 Å². The van der Waals surface area contributed by atoms with Gasteiger partial charge >= 0.3 is 5.97 Å². The van der Waals surface area contributed by atoms with E-state index in [0.717, 1.165) is 18.0 Å². The van der Waals surface area contributed by atoms with Gasteiger partial charge in [-0.25, -0.2) is 4.79 Å². The van der Waals surface area contributed by atoms with Crippen LogP contribution in [0.1, 0.15) is 41.6 Å². The number of aromatic carboxylic acids is 1. The highest BCUT2D eigenvalue weighted by atomic mass is 32.2. The zero-order valence-electron chi connectivity index (χ0n) is 12.0. The Labute approximate surface area is 125 Å². The molecule has 3 nitrogen and oxygen atoms in total. The van der Waals surface area contributed by atoms with Crippen LogP contribution in [0.25, 0.3) is 0 Å². The Kier molecular flexibility index (Phi) is 5.92. The lowest BCUT2D eigenvalue weighted by Gasteiger charge is -2.28. The molecule has 1 saturated carbocycles. The van der Waals surface area contributed by atoms with Gasteiger partial charge in [0.1, 0.15) is 0 Å². The fourth-order valence-corrected chi connectivity index (χ4v) is 3.60. The number of rotatable bonds is 6. The van der Waals surface area contributed by atoms with Gasteiger partial charge in [-0.3, -0.25) is 0 Å². The number of nitrogens with one attached hydrogen (secondary N) is 1. The minimum Gasteiger partial charge on any atom is -0.478 e. The molecule has 0 radical (unpaired) electrons. The number of carbonyl (C=O) groups is 1. The van der Waals surface area contributed by atoms with Crippen LogP contribution in [0.5, 0.6) is 0 Å². The smallest absolute Gasteiger partial charge is 0.335 e. The van der Waals surface area contributed by atoms with E-state index in [-0.39, 0.29) is 0 Å². The van der Waals surface area contributed by atoms with Gasteiger partial charge in [-0.2, -0.15) is 11.8 Å². The molecule has 1 aliphatic carbocycles. The molecule has 110 valence electrons. The van der Waals surface area contributed by atoms with E-state index in [9.17, 15) is 4.79 Å². The molecule has 0 bridgehead atoms. The quantitative estimate of drug-likeness (QED) is 0.844. The lowest BCUT2D eigenvalue weighted by Crippen LogP contribution is -2.33. The average molecular weight is 293 g/mol. The monoisotopic (exact) mass is 293 g/mol. The molecular weight excluding hydrogens is 270 g/mol. The van der Waals surface area contributed by atoms with Crippen molar-refractivity contribution in [2.75, 3.05) is 12.0 Å². The first-order chi connectivity index (χ1) is 9.69. The molecule has 1 aliphatic rings. The third kappa shape index (κ3) is 4.53. The summed E-state index contributed by atoms with van der Waals surface area (Å²) in [6, 6.07) is 7.77. The van der Waals surface area contributed by atoms with Gasteiger partial charge in [0.15, 0.2) is 0 Å². The molecule has 4 heteroatoms. The Morgan fingerprint density at radius 2 is 1.90 bits per heavy atom. The summed E-state index contributed by atoms with van der Waals surface area (Å²) in [5.74, 6) is 1.33. The number of benzene rings is 1. The van der Waals surface area contributed by atoms with Crippen LogP contribution in [0.2, 0.25) is 0 Å². The highest BCUT2D eigenvalue weighted by molar-refractivity contribution is 7.98. The van der Waals surface area contributed by atoms with E-state index in [1.165, 1.54) is 31.4 Å². The Morgan fingerprint density at radius 1 is 1.25 bits per heavy atom. The molecule has 1 aromatic carbocycles. The zero-order chi connectivity index (χ0) is 14.4. The molecule has 0 spiro atoms. The summed E-state index contributed by atoms with van der Waals surface area (Å²) in [6.07, 6.45) is 7.37. The van der Waals surface area contributed by atoms with E-state index >= 15 is 0 Å². The van der Waals surface area contributed by atoms with Crippen molar-refractivity contribution in [1.82, 2.24) is 5.32 Å². The second-order valence-electron chi connectivity index (χ2n) is 5.56. The second kappa shape index (κ2) is 7.70. The molecule has 20 heavy (non-hydrogen) atoms. The summed E-state index contributed by atoms with van der Waals surface area (Å²) < 4.78 is 0. The fourth-order valence-electron chi connectivity index (χ4n) is 2.80. The van der Waals surface area contributed by atoms with Crippen LogP contribution in [-0.2, 0) is 6.54 Å². The summed E-state index contributed by atoms with van der Waals surface area (Å²) in [5.41, 5.74) is 1.51. The van der Waals surface area contributed by atoms with Crippen molar-refractivity contribution >= 4 is 17.7 Å². The van der Waals surface area contributed by atoms with E-state index in [4.69, 9.17) is 5.11 Å². The van der Waals surface area contributed by atoms with Crippen molar-refractivity contribution < 1.29 is 9.90 Å². The maximum atomic E-state index is 10.8. The van der Waals surface area contributed by atoms with Gasteiger partial charge in [-0.1, -0.05) is 12.1 Å². The van der Waals surface area contributed by atoms with Gasteiger partial charge in [0.2, 0.25) is 0 Å². The highest BCUT2D eigenvalue weighted by Crippen LogP contribution is 2.26. The van der Waals surface area contributed by atoms with Crippen LogP contribution in [0.3, 0.4) is 0 Å². The standard InChI is InChI=1S/C16H23NO2S/c1-20-11-13-4-8-15(9-5-13)17-10-12-2-6-14(7-3-12)16(18)19/h2-3,6-7,13,15,17H,4-5,8-11H2,1H3,(H,18,19). The van der Waals surface area contributed by atoms with Crippen LogP contribution in [0.4, 0.5) is 0 Å². The lowest BCUT2D eigenvalue weighted by molar-refractivity contribution is 0.0697. The molecule has 0 atom stereocenters. The minimum atomic E-state index is -0.864. The van der Waals surface area contributed by atoms with Crippen molar-refractivity contribution in [3.8, 4) is 0 Å². The van der Waals surface area contributed by atoms with Crippen molar-refractivity contribution in [1.29, 1.82) is 0 Å². The summed E-state index contributed by atoms with van der Waals surface area (Å²) in [4.78, 5) is 10.8. The molecule has 0 aliphatic heterocycles. The topological polar surface area (TPSA) is 49.3 Å².